The van der Waals surface area contributed by atoms with Crippen LogP contribution in [-0.2, 0) is 25.8 Å². The zero-order chi connectivity index (χ0) is 25.9. The summed E-state index contributed by atoms with van der Waals surface area (Å²) in [5.74, 6) is -0.595. The number of piperidine rings is 2. The minimum atomic E-state index is -0.657. The number of benzene rings is 1. The van der Waals surface area contributed by atoms with Gasteiger partial charge in [-0.2, -0.15) is 5.06 Å². The number of Topliss-reactive ketones (excluding diaryl/α,β-unsaturated/α-hetero) is 1. The maximum absolute atomic E-state index is 13.0. The second-order valence-electron chi connectivity index (χ2n) is 10.6. The number of fused-ring (bicyclic) bond motifs is 2. The fourth-order valence-corrected chi connectivity index (χ4v) is 5.00. The number of likely N-dealkylation sites (tertiary alicyclic amines) is 1. The maximum Gasteiger partial charge on any atom is 0.410 e. The van der Waals surface area contributed by atoms with Crippen LogP contribution in [0.5, 0.6) is 0 Å². The fraction of sp³-hybridized carbons (Fsp3) is 0.615. The molecule has 0 aliphatic carbocycles. The van der Waals surface area contributed by atoms with Crippen LogP contribution in [0.15, 0.2) is 30.3 Å². The first-order valence-corrected chi connectivity index (χ1v) is 12.7. The number of hydrogen-bond donors (Lipinski definition) is 1. The molecule has 3 aliphatic rings. The van der Waals surface area contributed by atoms with Gasteiger partial charge < -0.3 is 15.0 Å². The predicted molar refractivity (Wildman–Crippen MR) is 131 cm³/mol. The Hall–Kier alpha value is -3.14. The summed E-state index contributed by atoms with van der Waals surface area (Å²) in [6, 6.07) is 7.88. The molecule has 3 heterocycles. The first-order chi connectivity index (χ1) is 17.1. The van der Waals surface area contributed by atoms with Crippen molar-refractivity contribution in [2.24, 2.45) is 0 Å². The van der Waals surface area contributed by atoms with Crippen LogP contribution >= 0.6 is 0 Å². The van der Waals surface area contributed by atoms with Crippen LogP contribution in [0.3, 0.4) is 0 Å². The number of rotatable bonds is 7. The second-order valence-corrected chi connectivity index (χ2v) is 10.6. The van der Waals surface area contributed by atoms with Gasteiger partial charge in [-0.25, -0.2) is 9.59 Å². The van der Waals surface area contributed by atoms with Crippen LogP contribution in [0.4, 0.5) is 9.59 Å². The fourth-order valence-electron chi connectivity index (χ4n) is 5.00. The van der Waals surface area contributed by atoms with E-state index in [9.17, 15) is 19.2 Å². The molecule has 1 aromatic carbocycles. The molecule has 3 aliphatic heterocycles. The summed E-state index contributed by atoms with van der Waals surface area (Å²) in [4.78, 5) is 60.3. The van der Waals surface area contributed by atoms with Crippen molar-refractivity contribution in [1.82, 2.24) is 20.2 Å². The third-order valence-electron chi connectivity index (χ3n) is 6.78. The molecule has 0 aromatic heterocycles. The smallest absolute Gasteiger partial charge is 0.410 e. The van der Waals surface area contributed by atoms with Crippen LogP contribution in [0.25, 0.3) is 0 Å². The molecule has 1 aromatic rings. The molecule has 196 valence electrons. The summed E-state index contributed by atoms with van der Waals surface area (Å²) < 4.78 is 5.47. The zero-order valence-corrected chi connectivity index (χ0v) is 21.3. The SMILES string of the molecule is CC(C)(C)OC(=O)N1CCCC[C@H]1C(=O)CNC(=O)[C@@H]1CC[C@@H]2CN1C(=O)N2OCc1ccccc1. The van der Waals surface area contributed by atoms with Crippen LogP contribution in [-0.4, -0.2) is 82.0 Å². The van der Waals surface area contributed by atoms with Crippen molar-refractivity contribution < 1.29 is 28.8 Å². The van der Waals surface area contributed by atoms with Gasteiger partial charge in [0, 0.05) is 13.1 Å². The number of hydroxylamine groups is 2. The summed E-state index contributed by atoms with van der Waals surface area (Å²) in [6.07, 6.45) is 2.79. The minimum absolute atomic E-state index is 0.100. The molecule has 10 heteroatoms. The Bertz CT molecular complexity index is 978. The molecule has 0 spiro atoms. The van der Waals surface area contributed by atoms with Gasteiger partial charge in [0.25, 0.3) is 0 Å². The van der Waals surface area contributed by atoms with Gasteiger partial charge in [-0.15, -0.1) is 0 Å². The van der Waals surface area contributed by atoms with Crippen LogP contribution < -0.4 is 5.32 Å². The Kier molecular flexibility index (Phi) is 7.82. The van der Waals surface area contributed by atoms with E-state index in [1.165, 1.54) is 14.9 Å². The highest BCUT2D eigenvalue weighted by Gasteiger charge is 2.48. The number of nitrogens with zero attached hydrogens (tertiary/aromatic N) is 3. The molecule has 2 bridgehead atoms. The van der Waals surface area contributed by atoms with Gasteiger partial charge in [-0.3, -0.25) is 19.3 Å². The molecule has 3 atom stereocenters. The Balaban J connectivity index is 1.30. The van der Waals surface area contributed by atoms with E-state index in [-0.39, 0.29) is 36.9 Å². The number of urea groups is 1. The van der Waals surface area contributed by atoms with Gasteiger partial charge in [0.2, 0.25) is 5.91 Å². The molecule has 3 saturated heterocycles. The van der Waals surface area contributed by atoms with Gasteiger partial charge in [-0.1, -0.05) is 30.3 Å². The van der Waals surface area contributed by atoms with Gasteiger partial charge in [0.15, 0.2) is 5.78 Å². The number of amides is 4. The summed E-state index contributed by atoms with van der Waals surface area (Å²) in [7, 11) is 0. The molecular formula is C26H36N4O6. The van der Waals surface area contributed by atoms with Crippen molar-refractivity contribution >= 4 is 23.8 Å². The van der Waals surface area contributed by atoms with E-state index < -0.39 is 23.8 Å². The average Bonchev–Trinajstić information content (AvgIpc) is 3.09. The standard InChI is InChI=1S/C26H36N4O6/c1-26(2,3)36-25(34)28-14-8-7-11-20(28)22(31)15-27-23(32)21-13-12-19-16-29(21)24(33)30(19)35-17-18-9-5-4-6-10-18/h4-6,9-10,19-21H,7-8,11-17H2,1-3H3,(H,27,32)/t19-,20+,21+/m1/s1. The molecule has 0 radical (unpaired) electrons. The van der Waals surface area contributed by atoms with Gasteiger partial charge in [0.05, 0.1) is 18.6 Å². The lowest BCUT2D eigenvalue weighted by Gasteiger charge is -2.36. The van der Waals surface area contributed by atoms with E-state index >= 15 is 0 Å². The quantitative estimate of drug-likeness (QED) is 0.617. The third kappa shape index (κ3) is 5.98. The van der Waals surface area contributed by atoms with Crippen molar-refractivity contribution in [1.29, 1.82) is 0 Å². The Labute approximate surface area is 211 Å². The Morgan fingerprint density at radius 3 is 2.50 bits per heavy atom. The highest BCUT2D eigenvalue weighted by atomic mass is 16.7. The lowest BCUT2D eigenvalue weighted by Crippen LogP contribution is -2.54. The molecule has 36 heavy (non-hydrogen) atoms. The van der Waals surface area contributed by atoms with E-state index in [1.807, 2.05) is 30.3 Å². The number of ketones is 1. The van der Waals surface area contributed by atoms with Crippen LogP contribution in [0.2, 0.25) is 0 Å². The minimum Gasteiger partial charge on any atom is -0.444 e. The summed E-state index contributed by atoms with van der Waals surface area (Å²) >= 11 is 0. The third-order valence-corrected chi connectivity index (χ3v) is 6.78. The monoisotopic (exact) mass is 500 g/mol. The number of carbonyl (C=O) groups is 4. The normalized spacial score (nSPS) is 24.0. The highest BCUT2D eigenvalue weighted by molar-refractivity contribution is 5.94. The first-order valence-electron chi connectivity index (χ1n) is 12.7. The van der Waals surface area contributed by atoms with E-state index in [0.29, 0.717) is 32.4 Å². The number of ether oxygens (including phenoxy) is 1. The first kappa shape index (κ1) is 25.9. The van der Waals surface area contributed by atoms with Crippen molar-refractivity contribution in [3.8, 4) is 0 Å². The van der Waals surface area contributed by atoms with Crippen molar-refractivity contribution in [3.63, 3.8) is 0 Å². The molecule has 0 unspecified atom stereocenters. The zero-order valence-electron chi connectivity index (χ0n) is 21.3. The summed E-state index contributed by atoms with van der Waals surface area (Å²) in [5, 5.41) is 4.09. The number of nitrogens with one attached hydrogen (secondary N) is 1. The van der Waals surface area contributed by atoms with Crippen LogP contribution in [0.1, 0.15) is 58.4 Å². The molecule has 0 saturated carbocycles. The maximum atomic E-state index is 13.0. The molecular weight excluding hydrogens is 464 g/mol. The molecule has 4 amide bonds. The number of carbonyl (C=O) groups excluding carboxylic acids is 4. The average molecular weight is 501 g/mol. The Morgan fingerprint density at radius 2 is 1.78 bits per heavy atom. The van der Waals surface area contributed by atoms with Crippen molar-refractivity contribution in [3.05, 3.63) is 35.9 Å². The molecule has 3 fully saturated rings. The van der Waals surface area contributed by atoms with Crippen molar-refractivity contribution in [2.75, 3.05) is 19.6 Å². The molecule has 10 nitrogen and oxygen atoms in total. The molecule has 4 rings (SSSR count). The van der Waals surface area contributed by atoms with Gasteiger partial charge in [-0.05, 0) is 58.4 Å². The summed E-state index contributed by atoms with van der Waals surface area (Å²) in [6.45, 7) is 6.30. The largest absolute Gasteiger partial charge is 0.444 e. The summed E-state index contributed by atoms with van der Waals surface area (Å²) in [5.41, 5.74) is 0.300. The van der Waals surface area contributed by atoms with E-state index in [1.54, 1.807) is 20.8 Å². The number of hydrogen-bond acceptors (Lipinski definition) is 6. The predicted octanol–water partition coefficient (Wildman–Crippen LogP) is 2.86. The Morgan fingerprint density at radius 1 is 1.03 bits per heavy atom. The highest BCUT2D eigenvalue weighted by Crippen LogP contribution is 2.30. The lowest BCUT2D eigenvalue weighted by molar-refractivity contribution is -0.140. The van der Waals surface area contributed by atoms with Gasteiger partial charge >= 0.3 is 12.1 Å². The van der Waals surface area contributed by atoms with Crippen LogP contribution in [0, 0.1) is 0 Å². The van der Waals surface area contributed by atoms with Crippen molar-refractivity contribution in [2.45, 2.75) is 83.2 Å². The van der Waals surface area contributed by atoms with Gasteiger partial charge in [0.1, 0.15) is 18.2 Å². The van der Waals surface area contributed by atoms with E-state index in [4.69, 9.17) is 9.57 Å². The van der Waals surface area contributed by atoms with E-state index in [2.05, 4.69) is 5.32 Å². The second kappa shape index (κ2) is 10.9. The molecule has 1 N–H and O–H groups in total. The lowest BCUT2D eigenvalue weighted by atomic mass is 9.98. The topological polar surface area (TPSA) is 108 Å². The van der Waals surface area contributed by atoms with E-state index in [0.717, 1.165) is 18.4 Å².